The van der Waals surface area contributed by atoms with E-state index in [4.69, 9.17) is 14.6 Å². The van der Waals surface area contributed by atoms with E-state index in [9.17, 15) is 24.3 Å². The van der Waals surface area contributed by atoms with Crippen LogP contribution in [0.15, 0.2) is 24.3 Å². The molecule has 0 aromatic heterocycles. The zero-order valence-electron chi connectivity index (χ0n) is 12.6. The molecule has 2 rings (SSSR count). The van der Waals surface area contributed by atoms with Crippen LogP contribution in [0.4, 0.5) is 0 Å². The summed E-state index contributed by atoms with van der Waals surface area (Å²) in [6.45, 7) is -0.775. The van der Waals surface area contributed by atoms with Crippen molar-refractivity contribution in [2.45, 2.75) is 5.85 Å². The summed E-state index contributed by atoms with van der Waals surface area (Å²) in [6, 6.07) is 0. The highest BCUT2D eigenvalue weighted by molar-refractivity contribution is 6.16. The lowest BCUT2D eigenvalue weighted by Gasteiger charge is -2.40. The van der Waals surface area contributed by atoms with Crippen molar-refractivity contribution in [2.24, 2.45) is 0 Å². The Morgan fingerprint density at radius 1 is 0.792 bits per heavy atom. The Labute approximate surface area is 136 Å². The largest absolute Gasteiger partial charge is 0.394 e. The second kappa shape index (κ2) is 7.45. The highest BCUT2D eigenvalue weighted by Crippen LogP contribution is 2.26. The molecule has 0 aliphatic carbocycles. The molecule has 0 aromatic rings. The van der Waals surface area contributed by atoms with Crippen molar-refractivity contribution >= 4 is 23.6 Å². The second-order valence-electron chi connectivity index (χ2n) is 4.85. The zero-order chi connectivity index (χ0) is 17.7. The second-order valence-corrected chi connectivity index (χ2v) is 4.85. The summed E-state index contributed by atoms with van der Waals surface area (Å²) in [4.78, 5) is 48.2. The quantitative estimate of drug-likeness (QED) is 0.348. The van der Waals surface area contributed by atoms with Gasteiger partial charge in [-0.15, -0.1) is 0 Å². The number of rotatable bonds is 9. The van der Waals surface area contributed by atoms with Crippen molar-refractivity contribution < 1.29 is 38.9 Å². The molecule has 130 valence electrons. The van der Waals surface area contributed by atoms with E-state index in [0.29, 0.717) is 9.80 Å². The van der Waals surface area contributed by atoms with Gasteiger partial charge in [-0.25, -0.2) is 9.80 Å². The Bertz CT molecular complexity index is 534. The standard InChI is InChI=1S/C14H16N2O8/c17-5-6-23-7-8-24-9-14(22,15-10(18)1-2-11(15)19)16-12(20)3-4-13(16)21/h1-4,17,22H,5-9H2. The number of nitrogens with zero attached hydrogens (tertiary/aromatic N) is 2. The molecule has 2 heterocycles. The van der Waals surface area contributed by atoms with E-state index >= 15 is 0 Å². The van der Waals surface area contributed by atoms with Gasteiger partial charge in [-0.1, -0.05) is 0 Å². The van der Waals surface area contributed by atoms with Gasteiger partial charge in [0.1, 0.15) is 6.61 Å². The number of ether oxygens (including phenoxy) is 2. The number of carbonyl (C=O) groups is 4. The number of amides is 4. The van der Waals surface area contributed by atoms with E-state index in [1.165, 1.54) is 0 Å². The molecule has 24 heavy (non-hydrogen) atoms. The predicted molar refractivity (Wildman–Crippen MR) is 75.7 cm³/mol. The third-order valence-corrected chi connectivity index (χ3v) is 3.24. The van der Waals surface area contributed by atoms with Gasteiger partial charge in [0, 0.05) is 24.3 Å². The smallest absolute Gasteiger partial charge is 0.262 e. The minimum atomic E-state index is -2.59. The average Bonchev–Trinajstić information content (AvgIpc) is 3.05. The van der Waals surface area contributed by atoms with Crippen molar-refractivity contribution in [1.82, 2.24) is 9.80 Å². The Morgan fingerprint density at radius 2 is 1.21 bits per heavy atom. The molecule has 0 fully saturated rings. The van der Waals surface area contributed by atoms with Gasteiger partial charge in [0.2, 0.25) is 0 Å². The molecule has 10 nitrogen and oxygen atoms in total. The first-order valence-electron chi connectivity index (χ1n) is 7.03. The number of aliphatic hydroxyl groups is 2. The lowest BCUT2D eigenvalue weighted by atomic mass is 10.3. The summed E-state index contributed by atoms with van der Waals surface area (Å²) in [7, 11) is 0. The first-order chi connectivity index (χ1) is 11.4. The van der Waals surface area contributed by atoms with Crippen LogP contribution in [-0.2, 0) is 28.7 Å². The van der Waals surface area contributed by atoms with Crippen LogP contribution >= 0.6 is 0 Å². The lowest BCUT2D eigenvalue weighted by Crippen LogP contribution is -2.67. The Morgan fingerprint density at radius 3 is 1.62 bits per heavy atom. The fourth-order valence-corrected chi connectivity index (χ4v) is 2.23. The first kappa shape index (κ1) is 17.9. The molecule has 10 heteroatoms. The SMILES string of the molecule is O=C1C=CC(=O)N1C(O)(COCCOCCO)N1C(=O)C=CC1=O. The van der Waals surface area contributed by atoms with Gasteiger partial charge in [0.15, 0.2) is 0 Å². The van der Waals surface area contributed by atoms with Crippen molar-refractivity contribution in [3.8, 4) is 0 Å². The molecule has 0 radical (unpaired) electrons. The minimum Gasteiger partial charge on any atom is -0.394 e. The van der Waals surface area contributed by atoms with E-state index in [2.05, 4.69) is 0 Å². The van der Waals surface area contributed by atoms with Gasteiger partial charge in [-0.05, 0) is 0 Å². The Hall–Kier alpha value is -2.40. The highest BCUT2D eigenvalue weighted by Gasteiger charge is 2.53. The van der Waals surface area contributed by atoms with Crippen LogP contribution in [0.1, 0.15) is 0 Å². The Balaban J connectivity index is 2.13. The van der Waals surface area contributed by atoms with Crippen LogP contribution in [-0.4, -0.2) is 82.5 Å². The summed E-state index contributed by atoms with van der Waals surface area (Å²) in [5.74, 6) is -6.11. The molecule has 4 amide bonds. The van der Waals surface area contributed by atoms with Gasteiger partial charge >= 0.3 is 0 Å². The third-order valence-electron chi connectivity index (χ3n) is 3.24. The molecule has 0 unspecified atom stereocenters. The van der Waals surface area contributed by atoms with Gasteiger partial charge in [-0.2, -0.15) is 0 Å². The van der Waals surface area contributed by atoms with Crippen molar-refractivity contribution in [3.63, 3.8) is 0 Å². The van der Waals surface area contributed by atoms with Gasteiger partial charge < -0.3 is 19.7 Å². The van der Waals surface area contributed by atoms with Gasteiger partial charge in [0.25, 0.3) is 29.5 Å². The van der Waals surface area contributed by atoms with Crippen molar-refractivity contribution in [3.05, 3.63) is 24.3 Å². The number of aliphatic hydroxyl groups excluding tert-OH is 1. The van der Waals surface area contributed by atoms with Crippen LogP contribution in [0.3, 0.4) is 0 Å². The van der Waals surface area contributed by atoms with Crippen LogP contribution in [0, 0.1) is 0 Å². The minimum absolute atomic E-state index is 0.0599. The normalized spacial score (nSPS) is 17.8. The zero-order valence-corrected chi connectivity index (χ0v) is 12.6. The summed E-state index contributed by atoms with van der Waals surface area (Å²) >= 11 is 0. The van der Waals surface area contributed by atoms with E-state index in [1.54, 1.807) is 0 Å². The summed E-state index contributed by atoms with van der Waals surface area (Å²) < 4.78 is 10.1. The number of imide groups is 2. The average molecular weight is 340 g/mol. The summed E-state index contributed by atoms with van der Waals surface area (Å²) in [5, 5.41) is 19.4. The maximum atomic E-state index is 11.9. The lowest BCUT2D eigenvalue weighted by molar-refractivity contribution is -0.225. The highest BCUT2D eigenvalue weighted by atomic mass is 16.5. The molecule has 0 saturated carbocycles. The van der Waals surface area contributed by atoms with Gasteiger partial charge in [-0.3, -0.25) is 19.2 Å². The molecule has 0 saturated heterocycles. The van der Waals surface area contributed by atoms with E-state index < -0.39 is 36.1 Å². The number of carbonyl (C=O) groups excluding carboxylic acids is 4. The molecule has 2 N–H and O–H groups in total. The fraction of sp³-hybridized carbons (Fsp3) is 0.429. The van der Waals surface area contributed by atoms with Crippen LogP contribution < -0.4 is 0 Å². The molecule has 0 aromatic carbocycles. The third kappa shape index (κ3) is 3.41. The predicted octanol–water partition coefficient (Wildman–Crippen LogP) is -2.49. The van der Waals surface area contributed by atoms with Crippen molar-refractivity contribution in [2.75, 3.05) is 33.0 Å². The summed E-state index contributed by atoms with van der Waals surface area (Å²) in [6.07, 6.45) is 3.65. The number of hydrogen-bond acceptors (Lipinski definition) is 8. The topological polar surface area (TPSA) is 134 Å². The summed E-state index contributed by atoms with van der Waals surface area (Å²) in [5.41, 5.74) is 0. The molecule has 0 atom stereocenters. The van der Waals surface area contributed by atoms with E-state index in [-0.39, 0.29) is 26.4 Å². The Kier molecular flexibility index (Phi) is 5.57. The molecule has 0 spiro atoms. The molecular formula is C14H16N2O8. The fourth-order valence-electron chi connectivity index (χ4n) is 2.23. The molecule has 0 bridgehead atoms. The monoisotopic (exact) mass is 340 g/mol. The van der Waals surface area contributed by atoms with Gasteiger partial charge in [0.05, 0.1) is 26.4 Å². The molecular weight excluding hydrogens is 324 g/mol. The maximum Gasteiger partial charge on any atom is 0.262 e. The first-order valence-corrected chi connectivity index (χ1v) is 7.03. The van der Waals surface area contributed by atoms with Crippen molar-refractivity contribution in [1.29, 1.82) is 0 Å². The van der Waals surface area contributed by atoms with E-state index in [1.807, 2.05) is 0 Å². The van der Waals surface area contributed by atoms with E-state index in [0.717, 1.165) is 24.3 Å². The molecule has 2 aliphatic rings. The maximum absolute atomic E-state index is 11.9. The van der Waals surface area contributed by atoms with Crippen LogP contribution in [0.25, 0.3) is 0 Å². The molecule has 2 aliphatic heterocycles. The van der Waals surface area contributed by atoms with Crippen LogP contribution in [0.5, 0.6) is 0 Å². The number of hydrogen-bond donors (Lipinski definition) is 2. The van der Waals surface area contributed by atoms with Crippen LogP contribution in [0.2, 0.25) is 0 Å².